The van der Waals surface area contributed by atoms with Crippen molar-refractivity contribution in [2.24, 2.45) is 5.92 Å². The molecular weight excluding hydrogens is 240 g/mol. The summed E-state index contributed by atoms with van der Waals surface area (Å²) in [6, 6.07) is 3.68. The van der Waals surface area contributed by atoms with Gasteiger partial charge in [0.2, 0.25) is 0 Å². The van der Waals surface area contributed by atoms with E-state index in [1.54, 1.807) is 0 Å². The molecule has 0 heterocycles. The lowest BCUT2D eigenvalue weighted by molar-refractivity contribution is 0.0921. The minimum atomic E-state index is 0.542. The summed E-state index contributed by atoms with van der Waals surface area (Å²) < 4.78 is 11.2. The van der Waals surface area contributed by atoms with Crippen molar-refractivity contribution in [1.29, 1.82) is 0 Å². The Hall–Kier alpha value is -1.35. The second-order valence-electron chi connectivity index (χ2n) is 5.25. The highest BCUT2D eigenvalue weighted by Gasteiger charge is 2.06. The summed E-state index contributed by atoms with van der Waals surface area (Å²) in [7, 11) is 0. The van der Waals surface area contributed by atoms with E-state index in [2.05, 4.69) is 13.8 Å². The zero-order valence-electron chi connectivity index (χ0n) is 12.4. The third kappa shape index (κ3) is 5.43. The van der Waals surface area contributed by atoms with Gasteiger partial charge in [-0.25, -0.2) is 0 Å². The lowest BCUT2D eigenvalue weighted by atomic mass is 10.1. The fraction of sp³-hybridized carbons (Fsp3) is 0.562. The van der Waals surface area contributed by atoms with Crippen LogP contribution in [-0.2, 0) is 4.74 Å². The van der Waals surface area contributed by atoms with Crippen LogP contribution >= 0.6 is 0 Å². The van der Waals surface area contributed by atoms with Crippen LogP contribution in [0.5, 0.6) is 5.75 Å². The third-order valence-electron chi connectivity index (χ3n) is 2.93. The van der Waals surface area contributed by atoms with E-state index in [1.165, 1.54) is 0 Å². The monoisotopic (exact) mass is 264 g/mol. The molecule has 0 radical (unpaired) electrons. The SMILES string of the molecule is Cc1cc(C=O)cc(C)c1OCCOCCC(C)C. The highest BCUT2D eigenvalue weighted by Crippen LogP contribution is 2.24. The summed E-state index contributed by atoms with van der Waals surface area (Å²) in [4.78, 5) is 10.7. The fourth-order valence-electron chi connectivity index (χ4n) is 1.90. The Bertz CT molecular complexity index is 387. The topological polar surface area (TPSA) is 35.5 Å². The van der Waals surface area contributed by atoms with E-state index in [1.807, 2.05) is 26.0 Å². The third-order valence-corrected chi connectivity index (χ3v) is 2.93. The van der Waals surface area contributed by atoms with Gasteiger partial charge in [0.1, 0.15) is 18.6 Å². The molecule has 0 saturated carbocycles. The van der Waals surface area contributed by atoms with Crippen molar-refractivity contribution in [3.8, 4) is 5.75 Å². The molecule has 0 unspecified atom stereocenters. The number of carbonyl (C=O) groups is 1. The lowest BCUT2D eigenvalue weighted by Crippen LogP contribution is -2.10. The highest BCUT2D eigenvalue weighted by molar-refractivity contribution is 5.76. The summed E-state index contributed by atoms with van der Waals surface area (Å²) >= 11 is 0. The smallest absolute Gasteiger partial charge is 0.150 e. The predicted molar refractivity (Wildman–Crippen MR) is 77.1 cm³/mol. The van der Waals surface area contributed by atoms with Gasteiger partial charge >= 0.3 is 0 Å². The van der Waals surface area contributed by atoms with Crippen LogP contribution in [0.15, 0.2) is 12.1 Å². The molecule has 3 nitrogen and oxygen atoms in total. The molecule has 19 heavy (non-hydrogen) atoms. The van der Waals surface area contributed by atoms with Crippen molar-refractivity contribution in [3.05, 3.63) is 28.8 Å². The maximum atomic E-state index is 10.7. The van der Waals surface area contributed by atoms with Crippen LogP contribution in [0.3, 0.4) is 0 Å². The molecular formula is C16H24O3. The van der Waals surface area contributed by atoms with Crippen LogP contribution < -0.4 is 4.74 Å². The molecule has 3 heteroatoms. The van der Waals surface area contributed by atoms with E-state index >= 15 is 0 Å². The van der Waals surface area contributed by atoms with Crippen LogP contribution in [0.25, 0.3) is 0 Å². The first-order chi connectivity index (χ1) is 9.04. The summed E-state index contributed by atoms with van der Waals surface area (Å²) in [5.41, 5.74) is 2.67. The molecule has 0 aromatic heterocycles. The van der Waals surface area contributed by atoms with Gasteiger partial charge in [-0.15, -0.1) is 0 Å². The Labute approximate surface area is 115 Å². The van der Waals surface area contributed by atoms with Gasteiger partial charge in [0.25, 0.3) is 0 Å². The van der Waals surface area contributed by atoms with Crippen LogP contribution in [-0.4, -0.2) is 26.1 Å². The molecule has 0 aliphatic carbocycles. The minimum absolute atomic E-state index is 0.542. The second-order valence-corrected chi connectivity index (χ2v) is 5.25. The van der Waals surface area contributed by atoms with Gasteiger partial charge in [0.05, 0.1) is 6.61 Å². The van der Waals surface area contributed by atoms with Gasteiger partial charge in [0, 0.05) is 12.2 Å². The van der Waals surface area contributed by atoms with Crippen LogP contribution in [0.2, 0.25) is 0 Å². The Balaban J connectivity index is 2.39. The Morgan fingerprint density at radius 3 is 2.26 bits per heavy atom. The van der Waals surface area contributed by atoms with Crippen LogP contribution in [0, 0.1) is 19.8 Å². The number of aldehydes is 1. The normalized spacial score (nSPS) is 10.8. The second kappa shape index (κ2) is 7.95. The van der Waals surface area contributed by atoms with Crippen molar-refractivity contribution in [2.75, 3.05) is 19.8 Å². The van der Waals surface area contributed by atoms with Gasteiger partial charge in [-0.3, -0.25) is 4.79 Å². The zero-order valence-corrected chi connectivity index (χ0v) is 12.4. The molecule has 1 aromatic carbocycles. The van der Waals surface area contributed by atoms with Gasteiger partial charge in [0.15, 0.2) is 0 Å². The first-order valence-electron chi connectivity index (χ1n) is 6.81. The molecule has 0 bridgehead atoms. The Morgan fingerprint density at radius 1 is 1.11 bits per heavy atom. The van der Waals surface area contributed by atoms with Crippen molar-refractivity contribution >= 4 is 6.29 Å². The number of hydrogen-bond donors (Lipinski definition) is 0. The first kappa shape index (κ1) is 15.7. The average Bonchev–Trinajstić information content (AvgIpc) is 2.35. The molecule has 1 aromatic rings. The van der Waals surface area contributed by atoms with E-state index in [-0.39, 0.29) is 0 Å². The van der Waals surface area contributed by atoms with Gasteiger partial charge in [-0.1, -0.05) is 13.8 Å². The van der Waals surface area contributed by atoms with E-state index in [9.17, 15) is 4.79 Å². The zero-order chi connectivity index (χ0) is 14.3. The molecule has 0 aliphatic heterocycles. The predicted octanol–water partition coefficient (Wildman–Crippen LogP) is 3.56. The standard InChI is InChI=1S/C16H24O3/c1-12(2)5-6-18-7-8-19-16-13(3)9-15(11-17)10-14(16)4/h9-12H,5-8H2,1-4H3. The van der Waals surface area contributed by atoms with Gasteiger partial charge < -0.3 is 9.47 Å². The van der Waals surface area contributed by atoms with Gasteiger partial charge in [-0.05, 0) is 49.4 Å². The molecule has 0 fully saturated rings. The molecule has 0 amide bonds. The molecule has 0 aliphatic rings. The Morgan fingerprint density at radius 2 is 1.74 bits per heavy atom. The molecule has 106 valence electrons. The maximum absolute atomic E-state index is 10.7. The van der Waals surface area contributed by atoms with Crippen molar-refractivity contribution in [3.63, 3.8) is 0 Å². The van der Waals surface area contributed by atoms with Crippen molar-refractivity contribution in [2.45, 2.75) is 34.1 Å². The summed E-state index contributed by atoms with van der Waals surface area (Å²) in [6.07, 6.45) is 1.94. The molecule has 0 spiro atoms. The van der Waals surface area contributed by atoms with Crippen LogP contribution in [0.1, 0.15) is 41.8 Å². The summed E-state index contributed by atoms with van der Waals surface area (Å²) in [6.45, 7) is 10.2. The average molecular weight is 264 g/mol. The summed E-state index contributed by atoms with van der Waals surface area (Å²) in [5, 5.41) is 0. The number of aryl methyl sites for hydroxylation is 2. The largest absolute Gasteiger partial charge is 0.491 e. The number of carbonyl (C=O) groups excluding carboxylic acids is 1. The number of benzene rings is 1. The molecule has 0 saturated heterocycles. The van der Waals surface area contributed by atoms with Crippen molar-refractivity contribution < 1.29 is 14.3 Å². The minimum Gasteiger partial charge on any atom is -0.491 e. The molecule has 0 atom stereocenters. The molecule has 0 N–H and O–H groups in total. The fourth-order valence-corrected chi connectivity index (χ4v) is 1.90. The van der Waals surface area contributed by atoms with E-state index in [4.69, 9.17) is 9.47 Å². The van der Waals surface area contributed by atoms with Crippen LogP contribution in [0.4, 0.5) is 0 Å². The quantitative estimate of drug-likeness (QED) is 0.532. The first-order valence-corrected chi connectivity index (χ1v) is 6.81. The number of ether oxygens (including phenoxy) is 2. The Kier molecular flexibility index (Phi) is 6.57. The maximum Gasteiger partial charge on any atom is 0.150 e. The number of hydrogen-bond acceptors (Lipinski definition) is 3. The van der Waals surface area contributed by atoms with E-state index in [0.717, 1.165) is 36.2 Å². The van der Waals surface area contributed by atoms with E-state index in [0.29, 0.717) is 24.7 Å². The van der Waals surface area contributed by atoms with Gasteiger partial charge in [-0.2, -0.15) is 0 Å². The summed E-state index contributed by atoms with van der Waals surface area (Å²) in [5.74, 6) is 1.53. The highest BCUT2D eigenvalue weighted by atomic mass is 16.5. The number of rotatable bonds is 8. The lowest BCUT2D eigenvalue weighted by Gasteiger charge is -2.13. The molecule has 1 rings (SSSR count). The van der Waals surface area contributed by atoms with E-state index < -0.39 is 0 Å². The van der Waals surface area contributed by atoms with Crippen molar-refractivity contribution in [1.82, 2.24) is 0 Å².